The molecule has 0 fully saturated rings. The van der Waals surface area contributed by atoms with Gasteiger partial charge in [0.25, 0.3) is 5.91 Å². The summed E-state index contributed by atoms with van der Waals surface area (Å²) in [6.07, 6.45) is 1.29. The quantitative estimate of drug-likeness (QED) is 0.492. The lowest BCUT2D eigenvalue weighted by Crippen LogP contribution is -2.28. The van der Waals surface area contributed by atoms with Gasteiger partial charge in [0, 0.05) is 37.9 Å². The second-order valence-corrected chi connectivity index (χ2v) is 7.10. The minimum Gasteiger partial charge on any atom is -0.447 e. The summed E-state index contributed by atoms with van der Waals surface area (Å²) in [6.45, 7) is 3.18. The van der Waals surface area contributed by atoms with Gasteiger partial charge in [0.2, 0.25) is 5.89 Å². The number of oxazole rings is 1. The van der Waals surface area contributed by atoms with E-state index >= 15 is 0 Å². The Morgan fingerprint density at radius 2 is 1.97 bits per heavy atom. The molecule has 3 aromatic rings. The monoisotopic (exact) mass is 429 g/mol. The molecule has 164 valence electrons. The number of hydrogen-bond acceptors (Lipinski definition) is 5. The van der Waals surface area contributed by atoms with Crippen molar-refractivity contribution in [1.82, 2.24) is 15.2 Å². The van der Waals surface area contributed by atoms with Crippen LogP contribution in [0.1, 0.15) is 40.5 Å². The Balaban J connectivity index is 1.79. The molecule has 0 radical (unpaired) electrons. The maximum absolute atomic E-state index is 14.3. The van der Waals surface area contributed by atoms with E-state index in [0.29, 0.717) is 24.6 Å². The minimum absolute atomic E-state index is 0.114. The number of aromatic nitrogens is 1. The molecule has 0 aliphatic heterocycles. The van der Waals surface area contributed by atoms with Gasteiger partial charge in [0.15, 0.2) is 5.69 Å². The number of methoxy groups -OCH3 is 1. The van der Waals surface area contributed by atoms with E-state index in [2.05, 4.69) is 10.3 Å². The maximum atomic E-state index is 14.3. The van der Waals surface area contributed by atoms with Gasteiger partial charge in [0.05, 0.1) is 13.2 Å². The van der Waals surface area contributed by atoms with Gasteiger partial charge >= 0.3 is 0 Å². The number of carbonyl (C=O) groups is 1. The molecule has 3 rings (SSSR count). The van der Waals surface area contributed by atoms with Crippen molar-refractivity contribution < 1.29 is 22.7 Å². The zero-order chi connectivity index (χ0) is 22.2. The Kier molecular flexibility index (Phi) is 7.86. The van der Waals surface area contributed by atoms with Crippen LogP contribution in [0.3, 0.4) is 0 Å². The predicted octanol–water partition coefficient (Wildman–Crippen LogP) is 4.09. The molecule has 0 aliphatic carbocycles. The van der Waals surface area contributed by atoms with Gasteiger partial charge in [0.1, 0.15) is 17.9 Å². The van der Waals surface area contributed by atoms with Crippen LogP contribution in [-0.2, 0) is 17.8 Å². The number of nitrogens with one attached hydrogen (secondary N) is 1. The van der Waals surface area contributed by atoms with Gasteiger partial charge < -0.3 is 14.5 Å². The van der Waals surface area contributed by atoms with Crippen LogP contribution < -0.4 is 5.32 Å². The molecule has 0 aliphatic rings. The van der Waals surface area contributed by atoms with Crippen molar-refractivity contribution in [3.8, 4) is 0 Å². The largest absolute Gasteiger partial charge is 0.447 e. The number of amides is 1. The van der Waals surface area contributed by atoms with Gasteiger partial charge in [-0.15, -0.1) is 0 Å². The zero-order valence-electron chi connectivity index (χ0n) is 17.5. The Morgan fingerprint density at radius 3 is 2.68 bits per heavy atom. The van der Waals surface area contributed by atoms with Gasteiger partial charge in [-0.3, -0.25) is 9.69 Å². The fourth-order valence-corrected chi connectivity index (χ4v) is 3.16. The molecule has 1 amide bonds. The predicted molar refractivity (Wildman–Crippen MR) is 111 cm³/mol. The summed E-state index contributed by atoms with van der Waals surface area (Å²) in [6, 6.07) is 13.1. The van der Waals surface area contributed by atoms with E-state index in [9.17, 15) is 13.6 Å². The fraction of sp³-hybridized carbons (Fsp3) is 0.304. The van der Waals surface area contributed by atoms with Crippen molar-refractivity contribution in [3.05, 3.63) is 89.1 Å². The van der Waals surface area contributed by atoms with Crippen LogP contribution in [0.25, 0.3) is 0 Å². The lowest BCUT2D eigenvalue weighted by molar-refractivity contribution is 0.0932. The smallest absolute Gasteiger partial charge is 0.273 e. The topological polar surface area (TPSA) is 67.6 Å². The number of rotatable bonds is 10. The van der Waals surface area contributed by atoms with Gasteiger partial charge in [-0.25, -0.2) is 13.8 Å². The third kappa shape index (κ3) is 6.19. The highest BCUT2D eigenvalue weighted by Crippen LogP contribution is 2.25. The second-order valence-electron chi connectivity index (χ2n) is 7.10. The summed E-state index contributed by atoms with van der Waals surface area (Å²) in [4.78, 5) is 18.4. The highest BCUT2D eigenvalue weighted by molar-refractivity contribution is 5.91. The van der Waals surface area contributed by atoms with E-state index in [1.807, 2.05) is 42.2 Å². The van der Waals surface area contributed by atoms with Crippen LogP contribution >= 0.6 is 0 Å². The molecule has 1 heterocycles. The fourth-order valence-electron chi connectivity index (χ4n) is 3.16. The zero-order valence-corrected chi connectivity index (χ0v) is 17.5. The molecule has 0 saturated carbocycles. The maximum Gasteiger partial charge on any atom is 0.273 e. The van der Waals surface area contributed by atoms with Crippen molar-refractivity contribution in [1.29, 1.82) is 0 Å². The van der Waals surface area contributed by atoms with E-state index in [4.69, 9.17) is 9.15 Å². The molecule has 0 spiro atoms. The second kappa shape index (κ2) is 10.8. The average Bonchev–Trinajstić information content (AvgIpc) is 3.24. The molecule has 2 aromatic carbocycles. The number of carbonyl (C=O) groups excluding carboxylic acids is 1. The van der Waals surface area contributed by atoms with Crippen LogP contribution in [0, 0.1) is 11.6 Å². The van der Waals surface area contributed by atoms with Crippen molar-refractivity contribution in [3.63, 3.8) is 0 Å². The Bertz CT molecular complexity index is 995. The van der Waals surface area contributed by atoms with E-state index in [-0.39, 0.29) is 30.7 Å². The summed E-state index contributed by atoms with van der Waals surface area (Å²) in [5.41, 5.74) is 1.54. The first kappa shape index (κ1) is 22.6. The Hall–Kier alpha value is -3.10. The first-order valence-corrected chi connectivity index (χ1v) is 9.92. The van der Waals surface area contributed by atoms with Gasteiger partial charge in [-0.2, -0.15) is 0 Å². The highest BCUT2D eigenvalue weighted by atomic mass is 19.1. The molecular weight excluding hydrogens is 404 g/mol. The number of halogens is 2. The summed E-state index contributed by atoms with van der Waals surface area (Å²) in [5.74, 6) is -1.28. The van der Waals surface area contributed by atoms with Crippen LogP contribution in [0.4, 0.5) is 8.78 Å². The molecular formula is C23H25F2N3O3. The van der Waals surface area contributed by atoms with Crippen LogP contribution in [0.5, 0.6) is 0 Å². The van der Waals surface area contributed by atoms with Crippen molar-refractivity contribution in [2.45, 2.75) is 26.1 Å². The summed E-state index contributed by atoms with van der Waals surface area (Å²) in [7, 11) is 1.55. The van der Waals surface area contributed by atoms with E-state index < -0.39 is 11.6 Å². The van der Waals surface area contributed by atoms with Crippen molar-refractivity contribution in [2.75, 3.05) is 20.3 Å². The van der Waals surface area contributed by atoms with Crippen LogP contribution in [0.15, 0.2) is 59.2 Å². The number of hydrogen-bond donors (Lipinski definition) is 1. The van der Waals surface area contributed by atoms with Crippen molar-refractivity contribution >= 4 is 5.91 Å². The first-order chi connectivity index (χ1) is 15.0. The number of nitrogens with zero attached hydrogens (tertiary/aromatic N) is 2. The third-order valence-electron chi connectivity index (χ3n) is 4.93. The van der Waals surface area contributed by atoms with E-state index in [1.165, 1.54) is 18.4 Å². The molecule has 1 aromatic heterocycles. The van der Waals surface area contributed by atoms with E-state index in [1.54, 1.807) is 7.11 Å². The Morgan fingerprint density at radius 1 is 1.19 bits per heavy atom. The van der Waals surface area contributed by atoms with E-state index in [0.717, 1.165) is 11.6 Å². The first-order valence-electron chi connectivity index (χ1n) is 9.92. The van der Waals surface area contributed by atoms with Crippen LogP contribution in [0.2, 0.25) is 0 Å². The molecule has 8 heteroatoms. The lowest BCUT2D eigenvalue weighted by atomic mass is 10.1. The highest BCUT2D eigenvalue weighted by Gasteiger charge is 2.21. The normalized spacial score (nSPS) is 12.2. The summed E-state index contributed by atoms with van der Waals surface area (Å²) in [5, 5.41) is 2.68. The number of ether oxygens (including phenoxy) is 1. The summed E-state index contributed by atoms with van der Waals surface area (Å²) >= 11 is 0. The minimum atomic E-state index is -0.624. The van der Waals surface area contributed by atoms with Crippen molar-refractivity contribution in [2.24, 2.45) is 0 Å². The molecule has 31 heavy (non-hydrogen) atoms. The van der Waals surface area contributed by atoms with Crippen LogP contribution in [-0.4, -0.2) is 36.1 Å². The number of benzene rings is 2. The standard InChI is InChI=1S/C23H25F2N3O3/c1-16(17-6-4-3-5-7-17)28(13-18-8-9-19(24)12-20(18)25)14-22-27-21(15-31-22)23(29)26-10-11-30-2/h3-9,12,15-16H,10-11,13-14H2,1-2H3,(H,26,29)/t16-/m0/s1. The molecule has 0 unspecified atom stereocenters. The molecule has 0 bridgehead atoms. The molecule has 1 N–H and O–H groups in total. The average molecular weight is 429 g/mol. The van der Waals surface area contributed by atoms with Gasteiger partial charge in [-0.1, -0.05) is 36.4 Å². The Labute approximate surface area is 179 Å². The lowest BCUT2D eigenvalue weighted by Gasteiger charge is -2.28. The molecule has 6 nitrogen and oxygen atoms in total. The third-order valence-corrected chi connectivity index (χ3v) is 4.93. The molecule has 0 saturated heterocycles. The SMILES string of the molecule is COCCNC(=O)c1coc(CN(Cc2ccc(F)cc2F)[C@@H](C)c2ccccc2)n1. The van der Waals surface area contributed by atoms with Gasteiger partial charge in [-0.05, 0) is 18.6 Å². The summed E-state index contributed by atoms with van der Waals surface area (Å²) < 4.78 is 38.0. The molecule has 1 atom stereocenters.